The molecule has 0 saturated heterocycles. The van der Waals surface area contributed by atoms with E-state index in [0.29, 0.717) is 0 Å². The Labute approximate surface area is 77.7 Å². The Balaban J connectivity index is 1.89. The number of carbonyl (C=O) groups is 1. The van der Waals surface area contributed by atoms with Crippen LogP contribution >= 0.6 is 11.6 Å². The molecule has 2 aliphatic carbocycles. The Kier molecular flexibility index (Phi) is 1.83. The summed E-state index contributed by atoms with van der Waals surface area (Å²) in [5.41, 5.74) is 0.181. The van der Waals surface area contributed by atoms with Crippen molar-refractivity contribution in [3.8, 4) is 0 Å². The van der Waals surface area contributed by atoms with E-state index in [4.69, 9.17) is 11.6 Å². The number of hydrogen-bond acceptors (Lipinski definition) is 1. The maximum atomic E-state index is 11.3. The van der Waals surface area contributed by atoms with Crippen molar-refractivity contribution in [1.82, 2.24) is 5.32 Å². The van der Waals surface area contributed by atoms with Crippen LogP contribution in [-0.2, 0) is 4.79 Å². The Bertz CT molecular complexity index is 207. The SMILES string of the molecule is CC(Cl)C(=O)NC1(C2CC2)CC1. The minimum Gasteiger partial charge on any atom is -0.349 e. The fraction of sp³-hybridized carbons (Fsp3) is 0.889. The van der Waals surface area contributed by atoms with Gasteiger partial charge < -0.3 is 5.32 Å². The average Bonchev–Trinajstić information content (AvgIpc) is 2.82. The van der Waals surface area contributed by atoms with Crippen LogP contribution in [-0.4, -0.2) is 16.8 Å². The second-order valence-electron chi connectivity index (χ2n) is 4.04. The van der Waals surface area contributed by atoms with Crippen LogP contribution in [0.1, 0.15) is 32.6 Å². The van der Waals surface area contributed by atoms with Crippen LogP contribution in [0.15, 0.2) is 0 Å². The normalized spacial score (nSPS) is 27.8. The second-order valence-corrected chi connectivity index (χ2v) is 4.69. The summed E-state index contributed by atoms with van der Waals surface area (Å²) < 4.78 is 0. The van der Waals surface area contributed by atoms with Crippen molar-refractivity contribution in [2.45, 2.75) is 43.5 Å². The predicted molar refractivity (Wildman–Crippen MR) is 48.1 cm³/mol. The molecule has 0 aliphatic heterocycles. The summed E-state index contributed by atoms with van der Waals surface area (Å²) in [4.78, 5) is 11.3. The zero-order chi connectivity index (χ0) is 8.77. The van der Waals surface area contributed by atoms with E-state index in [0.717, 1.165) is 18.8 Å². The van der Waals surface area contributed by atoms with E-state index in [-0.39, 0.29) is 16.8 Å². The van der Waals surface area contributed by atoms with E-state index >= 15 is 0 Å². The maximum absolute atomic E-state index is 11.3. The number of hydrogen-bond donors (Lipinski definition) is 1. The molecule has 2 rings (SSSR count). The van der Waals surface area contributed by atoms with Gasteiger partial charge in [0, 0.05) is 5.54 Å². The van der Waals surface area contributed by atoms with Gasteiger partial charge in [-0.3, -0.25) is 4.79 Å². The topological polar surface area (TPSA) is 29.1 Å². The molecule has 12 heavy (non-hydrogen) atoms. The van der Waals surface area contributed by atoms with E-state index < -0.39 is 0 Å². The average molecular weight is 188 g/mol. The molecule has 2 fully saturated rings. The molecule has 68 valence electrons. The monoisotopic (exact) mass is 187 g/mol. The maximum Gasteiger partial charge on any atom is 0.238 e. The van der Waals surface area contributed by atoms with Gasteiger partial charge in [0.25, 0.3) is 0 Å². The molecule has 2 nitrogen and oxygen atoms in total. The number of halogens is 1. The van der Waals surface area contributed by atoms with Gasteiger partial charge in [-0.15, -0.1) is 11.6 Å². The number of amides is 1. The summed E-state index contributed by atoms with van der Waals surface area (Å²) in [6.45, 7) is 1.72. The van der Waals surface area contributed by atoms with Gasteiger partial charge in [0.05, 0.1) is 0 Å². The highest BCUT2D eigenvalue weighted by Crippen LogP contribution is 2.53. The summed E-state index contributed by atoms with van der Waals surface area (Å²) in [6.07, 6.45) is 4.90. The van der Waals surface area contributed by atoms with Gasteiger partial charge in [-0.2, -0.15) is 0 Å². The molecule has 0 aromatic heterocycles. The number of alkyl halides is 1. The largest absolute Gasteiger partial charge is 0.349 e. The van der Waals surface area contributed by atoms with Crippen molar-refractivity contribution in [1.29, 1.82) is 0 Å². The fourth-order valence-electron chi connectivity index (χ4n) is 1.75. The lowest BCUT2D eigenvalue weighted by Gasteiger charge is -2.17. The van der Waals surface area contributed by atoms with Crippen LogP contribution in [0.25, 0.3) is 0 Å². The zero-order valence-electron chi connectivity index (χ0n) is 7.27. The minimum atomic E-state index is -0.388. The molecule has 0 bridgehead atoms. The van der Waals surface area contributed by atoms with E-state index in [9.17, 15) is 4.79 Å². The molecule has 2 saturated carbocycles. The zero-order valence-corrected chi connectivity index (χ0v) is 8.03. The van der Waals surface area contributed by atoms with Crippen molar-refractivity contribution in [2.75, 3.05) is 0 Å². The van der Waals surface area contributed by atoms with Crippen molar-refractivity contribution in [3.63, 3.8) is 0 Å². The molecule has 0 aromatic rings. The molecule has 0 heterocycles. The van der Waals surface area contributed by atoms with Crippen LogP contribution in [0.3, 0.4) is 0 Å². The molecule has 0 radical (unpaired) electrons. The summed E-state index contributed by atoms with van der Waals surface area (Å²) in [5.74, 6) is 0.762. The lowest BCUT2D eigenvalue weighted by molar-refractivity contribution is -0.121. The highest BCUT2D eigenvalue weighted by Gasteiger charge is 2.54. The summed E-state index contributed by atoms with van der Waals surface area (Å²) in [6, 6.07) is 0. The molecular weight excluding hydrogens is 174 g/mol. The lowest BCUT2D eigenvalue weighted by Crippen LogP contribution is -2.41. The van der Waals surface area contributed by atoms with Gasteiger partial charge in [0.15, 0.2) is 0 Å². The first-order valence-corrected chi connectivity index (χ1v) is 5.04. The second kappa shape index (κ2) is 2.63. The Hall–Kier alpha value is -0.240. The molecule has 3 heteroatoms. The van der Waals surface area contributed by atoms with Crippen molar-refractivity contribution in [2.24, 2.45) is 5.92 Å². The first kappa shape index (κ1) is 8.36. The molecule has 0 aromatic carbocycles. The predicted octanol–water partition coefficient (Wildman–Crippen LogP) is 1.67. The molecule has 0 spiro atoms. The van der Waals surface area contributed by atoms with Crippen molar-refractivity contribution < 1.29 is 4.79 Å². The van der Waals surface area contributed by atoms with Crippen LogP contribution in [0.4, 0.5) is 0 Å². The molecule has 1 atom stereocenters. The summed E-state index contributed by atoms with van der Waals surface area (Å²) in [7, 11) is 0. The fourth-order valence-corrected chi connectivity index (χ4v) is 1.81. The first-order chi connectivity index (χ1) is 5.64. The Morgan fingerprint density at radius 2 is 2.17 bits per heavy atom. The van der Waals surface area contributed by atoms with Gasteiger partial charge >= 0.3 is 0 Å². The van der Waals surface area contributed by atoms with E-state index in [2.05, 4.69) is 5.32 Å². The Morgan fingerprint density at radius 3 is 2.50 bits per heavy atom. The van der Waals surface area contributed by atoms with Gasteiger partial charge in [-0.05, 0) is 38.5 Å². The van der Waals surface area contributed by atoms with Gasteiger partial charge in [0.2, 0.25) is 5.91 Å². The quantitative estimate of drug-likeness (QED) is 0.670. The van der Waals surface area contributed by atoms with Crippen LogP contribution in [0.2, 0.25) is 0 Å². The highest BCUT2D eigenvalue weighted by molar-refractivity contribution is 6.30. The lowest BCUT2D eigenvalue weighted by atomic mass is 10.1. The van der Waals surface area contributed by atoms with E-state index in [1.165, 1.54) is 12.8 Å². The third-order valence-electron chi connectivity index (χ3n) is 2.88. The van der Waals surface area contributed by atoms with Crippen LogP contribution < -0.4 is 5.32 Å². The molecular formula is C9H14ClNO. The summed E-state index contributed by atoms with van der Waals surface area (Å²) >= 11 is 5.68. The molecule has 2 aliphatic rings. The van der Waals surface area contributed by atoms with Gasteiger partial charge in [-0.1, -0.05) is 0 Å². The van der Waals surface area contributed by atoms with Gasteiger partial charge in [0.1, 0.15) is 5.38 Å². The van der Waals surface area contributed by atoms with E-state index in [1.54, 1.807) is 6.92 Å². The van der Waals surface area contributed by atoms with Crippen molar-refractivity contribution in [3.05, 3.63) is 0 Å². The highest BCUT2D eigenvalue weighted by atomic mass is 35.5. The van der Waals surface area contributed by atoms with Crippen LogP contribution in [0, 0.1) is 5.92 Å². The minimum absolute atomic E-state index is 0.000988. The number of carbonyl (C=O) groups excluding carboxylic acids is 1. The van der Waals surface area contributed by atoms with E-state index in [1.807, 2.05) is 0 Å². The standard InChI is InChI=1S/C9H14ClNO/c1-6(10)8(12)11-9(4-5-9)7-2-3-7/h6-7H,2-5H2,1H3,(H,11,12). The summed E-state index contributed by atoms with van der Waals surface area (Å²) in [5, 5.41) is 2.67. The third kappa shape index (κ3) is 1.45. The smallest absolute Gasteiger partial charge is 0.238 e. The van der Waals surface area contributed by atoms with Crippen molar-refractivity contribution >= 4 is 17.5 Å². The Morgan fingerprint density at radius 1 is 1.58 bits per heavy atom. The third-order valence-corrected chi connectivity index (χ3v) is 3.08. The van der Waals surface area contributed by atoms with Gasteiger partial charge in [-0.25, -0.2) is 0 Å². The number of nitrogens with one attached hydrogen (secondary N) is 1. The molecule has 1 unspecified atom stereocenters. The number of rotatable bonds is 3. The van der Waals surface area contributed by atoms with Crippen LogP contribution in [0.5, 0.6) is 0 Å². The first-order valence-electron chi connectivity index (χ1n) is 4.60. The molecule has 1 amide bonds. The molecule has 1 N–H and O–H groups in total.